The Bertz CT molecular complexity index is 853. The SMILES string of the molecule is CCCCCCCc1nc2ccccc2c(=O)n1-c1ccccc1. The Morgan fingerprint density at radius 3 is 2.38 bits per heavy atom. The lowest BCUT2D eigenvalue weighted by Crippen LogP contribution is -2.24. The fraction of sp³-hybridized carbons (Fsp3) is 0.333. The molecule has 0 amide bonds. The van der Waals surface area contributed by atoms with Gasteiger partial charge in [0.15, 0.2) is 0 Å². The summed E-state index contributed by atoms with van der Waals surface area (Å²) in [6, 6.07) is 17.4. The van der Waals surface area contributed by atoms with Gasteiger partial charge in [0.2, 0.25) is 0 Å². The molecule has 0 spiro atoms. The van der Waals surface area contributed by atoms with E-state index >= 15 is 0 Å². The third-order valence-corrected chi connectivity index (χ3v) is 4.36. The molecule has 3 nitrogen and oxygen atoms in total. The van der Waals surface area contributed by atoms with Crippen LogP contribution >= 0.6 is 0 Å². The highest BCUT2D eigenvalue weighted by Gasteiger charge is 2.12. The molecule has 3 aromatic rings. The molecule has 0 radical (unpaired) electrons. The van der Waals surface area contributed by atoms with Crippen LogP contribution in [0.5, 0.6) is 0 Å². The normalized spacial score (nSPS) is 11.0. The summed E-state index contributed by atoms with van der Waals surface area (Å²) in [6.45, 7) is 2.22. The van der Waals surface area contributed by atoms with E-state index in [9.17, 15) is 4.79 Å². The Morgan fingerprint density at radius 1 is 0.875 bits per heavy atom. The number of hydrogen-bond acceptors (Lipinski definition) is 2. The van der Waals surface area contributed by atoms with Crippen molar-refractivity contribution in [3.05, 3.63) is 70.8 Å². The molecule has 0 aliphatic heterocycles. The lowest BCUT2D eigenvalue weighted by Gasteiger charge is -2.13. The largest absolute Gasteiger partial charge is 0.268 e. The molecule has 24 heavy (non-hydrogen) atoms. The summed E-state index contributed by atoms with van der Waals surface area (Å²) in [5, 5.41) is 0.677. The molecule has 0 aliphatic rings. The van der Waals surface area contributed by atoms with Crippen molar-refractivity contribution in [2.24, 2.45) is 0 Å². The van der Waals surface area contributed by atoms with Crippen LogP contribution in [0.3, 0.4) is 0 Å². The molecule has 0 atom stereocenters. The van der Waals surface area contributed by atoms with Crippen LogP contribution in [-0.4, -0.2) is 9.55 Å². The van der Waals surface area contributed by atoms with Crippen molar-refractivity contribution in [1.82, 2.24) is 9.55 Å². The third kappa shape index (κ3) is 3.56. The van der Waals surface area contributed by atoms with E-state index in [-0.39, 0.29) is 5.56 Å². The number of unbranched alkanes of at least 4 members (excludes halogenated alkanes) is 4. The summed E-state index contributed by atoms with van der Waals surface area (Å²) in [4.78, 5) is 17.8. The van der Waals surface area contributed by atoms with Gasteiger partial charge in [0, 0.05) is 6.42 Å². The highest BCUT2D eigenvalue weighted by atomic mass is 16.1. The minimum Gasteiger partial charge on any atom is -0.268 e. The van der Waals surface area contributed by atoms with Crippen LogP contribution in [0.1, 0.15) is 44.9 Å². The Morgan fingerprint density at radius 2 is 1.58 bits per heavy atom. The van der Waals surface area contributed by atoms with Gasteiger partial charge in [-0.25, -0.2) is 4.98 Å². The van der Waals surface area contributed by atoms with Crippen molar-refractivity contribution in [3.63, 3.8) is 0 Å². The van der Waals surface area contributed by atoms with Crippen molar-refractivity contribution in [3.8, 4) is 5.69 Å². The maximum atomic E-state index is 13.0. The maximum Gasteiger partial charge on any atom is 0.265 e. The second-order valence-electron chi connectivity index (χ2n) is 6.19. The number of nitrogens with zero attached hydrogens (tertiary/aromatic N) is 2. The van der Waals surface area contributed by atoms with E-state index in [1.165, 1.54) is 25.7 Å². The predicted molar refractivity (Wildman–Crippen MR) is 99.8 cm³/mol. The molecule has 0 unspecified atom stereocenters. The van der Waals surface area contributed by atoms with Crippen LogP contribution in [0, 0.1) is 0 Å². The first-order valence-corrected chi connectivity index (χ1v) is 8.87. The van der Waals surface area contributed by atoms with Gasteiger partial charge < -0.3 is 0 Å². The second-order valence-corrected chi connectivity index (χ2v) is 6.19. The van der Waals surface area contributed by atoms with Gasteiger partial charge in [0.05, 0.1) is 16.6 Å². The zero-order valence-corrected chi connectivity index (χ0v) is 14.2. The topological polar surface area (TPSA) is 34.9 Å². The molecule has 124 valence electrons. The Balaban J connectivity index is 2.00. The minimum atomic E-state index is 0.0235. The third-order valence-electron chi connectivity index (χ3n) is 4.36. The molecule has 0 saturated carbocycles. The highest BCUT2D eigenvalue weighted by Crippen LogP contribution is 2.15. The minimum absolute atomic E-state index is 0.0235. The Kier molecular flexibility index (Phi) is 5.42. The smallest absolute Gasteiger partial charge is 0.265 e. The second kappa shape index (κ2) is 7.91. The van der Waals surface area contributed by atoms with Gasteiger partial charge >= 0.3 is 0 Å². The van der Waals surface area contributed by atoms with Crippen molar-refractivity contribution in [2.75, 3.05) is 0 Å². The van der Waals surface area contributed by atoms with Gasteiger partial charge in [-0.1, -0.05) is 62.9 Å². The summed E-state index contributed by atoms with van der Waals surface area (Å²) in [6.07, 6.45) is 6.85. The van der Waals surface area contributed by atoms with Crippen LogP contribution in [0.25, 0.3) is 16.6 Å². The lowest BCUT2D eigenvalue weighted by atomic mass is 10.1. The molecule has 0 N–H and O–H groups in total. The number of aromatic nitrogens is 2. The van der Waals surface area contributed by atoms with Crippen LogP contribution in [0.4, 0.5) is 0 Å². The molecule has 0 saturated heterocycles. The molecule has 0 bridgehead atoms. The molecule has 1 heterocycles. The summed E-state index contributed by atoms with van der Waals surface area (Å²) in [5.41, 5.74) is 1.71. The average molecular weight is 320 g/mol. The van der Waals surface area contributed by atoms with Gasteiger partial charge in [0.1, 0.15) is 5.82 Å². The molecular formula is C21H24N2O. The number of rotatable bonds is 7. The summed E-state index contributed by atoms with van der Waals surface area (Å²) < 4.78 is 1.78. The van der Waals surface area contributed by atoms with E-state index < -0.39 is 0 Å². The first kappa shape index (κ1) is 16.4. The van der Waals surface area contributed by atoms with Crippen molar-refractivity contribution in [2.45, 2.75) is 45.4 Å². The standard InChI is InChI=1S/C21H24N2O/c1-2-3-4-5-9-16-20-22-19-15-11-10-14-18(19)21(24)23(20)17-12-7-6-8-13-17/h6-8,10-15H,2-5,9,16H2,1H3. The van der Waals surface area contributed by atoms with Crippen LogP contribution in [-0.2, 0) is 6.42 Å². The fourth-order valence-electron chi connectivity index (χ4n) is 3.08. The number of benzene rings is 2. The Labute approximate surface area is 143 Å². The number of fused-ring (bicyclic) bond motifs is 1. The molecule has 3 heteroatoms. The van der Waals surface area contributed by atoms with Crippen molar-refractivity contribution < 1.29 is 0 Å². The van der Waals surface area contributed by atoms with Crippen LogP contribution in [0.15, 0.2) is 59.4 Å². The number of aryl methyl sites for hydroxylation is 1. The lowest BCUT2D eigenvalue weighted by molar-refractivity contribution is 0.616. The molecule has 3 rings (SSSR count). The fourth-order valence-corrected chi connectivity index (χ4v) is 3.08. The van der Waals surface area contributed by atoms with Crippen LogP contribution < -0.4 is 5.56 Å². The maximum absolute atomic E-state index is 13.0. The van der Waals surface area contributed by atoms with Gasteiger partial charge in [-0.15, -0.1) is 0 Å². The molecule has 0 aliphatic carbocycles. The molecular weight excluding hydrogens is 296 g/mol. The van der Waals surface area contributed by atoms with E-state index in [0.29, 0.717) is 5.39 Å². The van der Waals surface area contributed by atoms with Crippen LogP contribution in [0.2, 0.25) is 0 Å². The van der Waals surface area contributed by atoms with E-state index in [2.05, 4.69) is 6.92 Å². The number of hydrogen-bond donors (Lipinski definition) is 0. The quantitative estimate of drug-likeness (QED) is 0.580. The zero-order valence-electron chi connectivity index (χ0n) is 14.2. The summed E-state index contributed by atoms with van der Waals surface area (Å²) in [5.74, 6) is 0.862. The van der Waals surface area contributed by atoms with Crippen molar-refractivity contribution in [1.29, 1.82) is 0 Å². The van der Waals surface area contributed by atoms with Crippen molar-refractivity contribution >= 4 is 10.9 Å². The first-order valence-electron chi connectivity index (χ1n) is 8.87. The molecule has 2 aromatic carbocycles. The highest BCUT2D eigenvalue weighted by molar-refractivity contribution is 5.77. The van der Waals surface area contributed by atoms with E-state index in [1.54, 1.807) is 4.57 Å². The Hall–Kier alpha value is -2.42. The zero-order chi connectivity index (χ0) is 16.8. The predicted octanol–water partition coefficient (Wildman–Crippen LogP) is 4.90. The summed E-state index contributed by atoms with van der Waals surface area (Å²) >= 11 is 0. The van der Waals surface area contributed by atoms with Gasteiger partial charge in [-0.3, -0.25) is 9.36 Å². The van der Waals surface area contributed by atoms with Gasteiger partial charge in [0.25, 0.3) is 5.56 Å². The molecule has 1 aromatic heterocycles. The van der Waals surface area contributed by atoms with E-state index in [1.807, 2.05) is 54.6 Å². The van der Waals surface area contributed by atoms with Gasteiger partial charge in [-0.2, -0.15) is 0 Å². The average Bonchev–Trinajstić information content (AvgIpc) is 2.62. The summed E-state index contributed by atoms with van der Waals surface area (Å²) in [7, 11) is 0. The monoisotopic (exact) mass is 320 g/mol. The number of para-hydroxylation sites is 2. The molecule has 0 fully saturated rings. The first-order chi connectivity index (χ1) is 11.8. The van der Waals surface area contributed by atoms with E-state index in [0.717, 1.165) is 29.9 Å². The van der Waals surface area contributed by atoms with E-state index in [4.69, 9.17) is 4.98 Å². The van der Waals surface area contributed by atoms with Gasteiger partial charge in [-0.05, 0) is 30.7 Å².